The minimum absolute atomic E-state index is 0.337. The third kappa shape index (κ3) is 4.11. The molecule has 1 unspecified atom stereocenters. The van der Waals surface area contributed by atoms with Crippen molar-refractivity contribution in [2.24, 2.45) is 11.3 Å². The van der Waals surface area contributed by atoms with Crippen LogP contribution in [0.4, 0.5) is 0 Å². The molecule has 1 fully saturated rings. The Kier molecular flexibility index (Phi) is 5.24. The topological polar surface area (TPSA) is 39.1 Å². The molecule has 0 aliphatic carbocycles. The normalized spacial score (nSPS) is 23.0. The fourth-order valence-electron chi connectivity index (χ4n) is 2.50. The Bertz CT molecular complexity index is 242. The molecule has 0 aromatic heterocycles. The molecule has 0 bridgehead atoms. The van der Waals surface area contributed by atoms with Gasteiger partial charge in [0.05, 0.1) is 6.07 Å². The van der Waals surface area contributed by atoms with E-state index in [0.717, 1.165) is 19.0 Å². The molecule has 3 heteroatoms. The van der Waals surface area contributed by atoms with E-state index in [1.807, 2.05) is 0 Å². The quantitative estimate of drug-likeness (QED) is 0.723. The van der Waals surface area contributed by atoms with Crippen LogP contribution in [0.15, 0.2) is 0 Å². The van der Waals surface area contributed by atoms with Gasteiger partial charge >= 0.3 is 0 Å². The molecule has 3 nitrogen and oxygen atoms in total. The summed E-state index contributed by atoms with van der Waals surface area (Å²) in [5, 5.41) is 11.9. The van der Waals surface area contributed by atoms with E-state index < -0.39 is 0 Å². The molecule has 1 saturated heterocycles. The summed E-state index contributed by atoms with van der Waals surface area (Å²) in [4.78, 5) is 2.44. The first-order chi connectivity index (χ1) is 7.56. The van der Waals surface area contributed by atoms with Crippen molar-refractivity contribution in [2.45, 2.75) is 33.1 Å². The van der Waals surface area contributed by atoms with E-state index in [-0.39, 0.29) is 0 Å². The first-order valence-electron chi connectivity index (χ1n) is 6.32. The van der Waals surface area contributed by atoms with Crippen molar-refractivity contribution in [3.63, 3.8) is 0 Å². The van der Waals surface area contributed by atoms with Crippen molar-refractivity contribution in [2.75, 3.05) is 33.2 Å². The van der Waals surface area contributed by atoms with Crippen LogP contribution in [-0.2, 0) is 0 Å². The van der Waals surface area contributed by atoms with Crippen LogP contribution in [0.3, 0.4) is 0 Å². The highest BCUT2D eigenvalue weighted by atomic mass is 15.1. The Hall–Kier alpha value is -0.590. The molecule has 0 amide bonds. The summed E-state index contributed by atoms with van der Waals surface area (Å²) >= 11 is 0. The van der Waals surface area contributed by atoms with E-state index in [2.05, 4.69) is 37.2 Å². The fourth-order valence-corrected chi connectivity index (χ4v) is 2.50. The van der Waals surface area contributed by atoms with Crippen molar-refractivity contribution in [3.8, 4) is 6.07 Å². The maximum atomic E-state index is 8.48. The SMILES string of the molecule is CN1CCCC(C(C)(C)CNCCC#N)C1. The Labute approximate surface area is 99.8 Å². The van der Waals surface area contributed by atoms with Crippen LogP contribution in [0, 0.1) is 22.7 Å². The summed E-state index contributed by atoms with van der Waals surface area (Å²) < 4.78 is 0. The van der Waals surface area contributed by atoms with E-state index in [9.17, 15) is 0 Å². The van der Waals surface area contributed by atoms with Gasteiger partial charge in [-0.25, -0.2) is 0 Å². The van der Waals surface area contributed by atoms with Gasteiger partial charge in [0.2, 0.25) is 0 Å². The van der Waals surface area contributed by atoms with E-state index in [4.69, 9.17) is 5.26 Å². The zero-order valence-electron chi connectivity index (χ0n) is 10.9. The number of rotatable bonds is 5. The van der Waals surface area contributed by atoms with Gasteiger partial charge in [0.1, 0.15) is 0 Å². The monoisotopic (exact) mass is 223 g/mol. The highest BCUT2D eigenvalue weighted by Gasteiger charge is 2.31. The van der Waals surface area contributed by atoms with Gasteiger partial charge in [-0.05, 0) is 37.8 Å². The molecule has 0 spiro atoms. The lowest BCUT2D eigenvalue weighted by atomic mass is 9.74. The number of nitrogens with zero attached hydrogens (tertiary/aromatic N) is 2. The predicted molar refractivity (Wildman–Crippen MR) is 67.1 cm³/mol. The molecule has 16 heavy (non-hydrogen) atoms. The van der Waals surface area contributed by atoms with Crippen molar-refractivity contribution in [1.82, 2.24) is 10.2 Å². The van der Waals surface area contributed by atoms with E-state index in [1.165, 1.54) is 25.9 Å². The maximum absolute atomic E-state index is 8.48. The zero-order chi connectivity index (χ0) is 12.0. The second-order valence-corrected chi connectivity index (χ2v) is 5.67. The first kappa shape index (κ1) is 13.5. The van der Waals surface area contributed by atoms with Gasteiger partial charge in [-0.15, -0.1) is 0 Å². The van der Waals surface area contributed by atoms with Gasteiger partial charge < -0.3 is 10.2 Å². The van der Waals surface area contributed by atoms with Crippen molar-refractivity contribution < 1.29 is 0 Å². The summed E-state index contributed by atoms with van der Waals surface area (Å²) in [5.74, 6) is 0.779. The van der Waals surface area contributed by atoms with Crippen LogP contribution in [0.5, 0.6) is 0 Å². The number of hydrogen-bond donors (Lipinski definition) is 1. The number of hydrogen-bond acceptors (Lipinski definition) is 3. The van der Waals surface area contributed by atoms with E-state index in [0.29, 0.717) is 11.8 Å². The third-order valence-electron chi connectivity index (χ3n) is 3.72. The molecule has 1 N–H and O–H groups in total. The molecule has 1 aliphatic heterocycles. The van der Waals surface area contributed by atoms with Gasteiger partial charge in [-0.1, -0.05) is 13.8 Å². The molecule has 1 heterocycles. The Morgan fingerprint density at radius 1 is 1.50 bits per heavy atom. The molecule has 1 aliphatic rings. The molecule has 0 saturated carbocycles. The minimum atomic E-state index is 0.337. The molecule has 0 radical (unpaired) electrons. The number of nitrogens with one attached hydrogen (secondary N) is 1. The second-order valence-electron chi connectivity index (χ2n) is 5.67. The highest BCUT2D eigenvalue weighted by Crippen LogP contribution is 2.32. The van der Waals surface area contributed by atoms with Crippen LogP contribution < -0.4 is 5.32 Å². The summed E-state index contributed by atoms with van der Waals surface area (Å²) in [6.45, 7) is 8.99. The van der Waals surface area contributed by atoms with Gasteiger partial charge in [-0.2, -0.15) is 5.26 Å². The van der Waals surface area contributed by atoms with Crippen LogP contribution in [0.1, 0.15) is 33.1 Å². The van der Waals surface area contributed by atoms with E-state index in [1.54, 1.807) is 0 Å². The Balaban J connectivity index is 2.34. The molecule has 0 aromatic rings. The summed E-state index contributed by atoms with van der Waals surface area (Å²) in [5.41, 5.74) is 0.337. The highest BCUT2D eigenvalue weighted by molar-refractivity contribution is 4.85. The van der Waals surface area contributed by atoms with E-state index >= 15 is 0 Å². The standard InChI is InChI=1S/C13H25N3/c1-13(2,11-15-8-5-7-14)12-6-4-9-16(3)10-12/h12,15H,4-6,8-11H2,1-3H3. The fraction of sp³-hybridized carbons (Fsp3) is 0.923. The summed E-state index contributed by atoms with van der Waals surface area (Å²) in [6, 6.07) is 2.17. The lowest BCUT2D eigenvalue weighted by molar-refractivity contribution is 0.103. The lowest BCUT2D eigenvalue weighted by Crippen LogP contribution is -2.44. The first-order valence-corrected chi connectivity index (χ1v) is 6.32. The van der Waals surface area contributed by atoms with Gasteiger partial charge in [0.15, 0.2) is 0 Å². The molecular weight excluding hydrogens is 198 g/mol. The number of nitriles is 1. The largest absolute Gasteiger partial charge is 0.315 e. The Morgan fingerprint density at radius 2 is 2.25 bits per heavy atom. The molecule has 1 atom stereocenters. The predicted octanol–water partition coefficient (Wildman–Crippen LogP) is 1.86. The number of piperidine rings is 1. The van der Waals surface area contributed by atoms with Crippen LogP contribution in [0.2, 0.25) is 0 Å². The molecule has 0 aromatic carbocycles. The van der Waals surface area contributed by atoms with Crippen LogP contribution in [-0.4, -0.2) is 38.1 Å². The minimum Gasteiger partial charge on any atom is -0.315 e. The lowest BCUT2D eigenvalue weighted by Gasteiger charge is -2.40. The van der Waals surface area contributed by atoms with Crippen molar-refractivity contribution in [3.05, 3.63) is 0 Å². The zero-order valence-corrected chi connectivity index (χ0v) is 10.9. The molecule has 92 valence electrons. The van der Waals surface area contributed by atoms with Crippen LogP contribution in [0.25, 0.3) is 0 Å². The smallest absolute Gasteiger partial charge is 0.0635 e. The molecule has 1 rings (SSSR count). The van der Waals surface area contributed by atoms with Gasteiger partial charge in [0.25, 0.3) is 0 Å². The Morgan fingerprint density at radius 3 is 2.88 bits per heavy atom. The van der Waals surface area contributed by atoms with Gasteiger partial charge in [0, 0.05) is 26.1 Å². The molecular formula is C13H25N3. The maximum Gasteiger partial charge on any atom is 0.0635 e. The average Bonchev–Trinajstić information content (AvgIpc) is 2.24. The summed E-state index contributed by atoms with van der Waals surface area (Å²) in [7, 11) is 2.21. The number of likely N-dealkylation sites (tertiary alicyclic amines) is 1. The second kappa shape index (κ2) is 6.22. The third-order valence-corrected chi connectivity index (χ3v) is 3.72. The van der Waals surface area contributed by atoms with Crippen LogP contribution >= 0.6 is 0 Å². The van der Waals surface area contributed by atoms with Crippen molar-refractivity contribution in [1.29, 1.82) is 5.26 Å². The summed E-state index contributed by atoms with van der Waals surface area (Å²) in [6.07, 6.45) is 3.28. The average molecular weight is 223 g/mol. The van der Waals surface area contributed by atoms with Crippen molar-refractivity contribution >= 4 is 0 Å². The van der Waals surface area contributed by atoms with Gasteiger partial charge in [-0.3, -0.25) is 0 Å².